The molecule has 186 valence electrons. The Morgan fingerprint density at radius 3 is 2.68 bits per heavy atom. The maximum atomic E-state index is 13.9. The minimum atomic E-state index is -1.11. The van der Waals surface area contributed by atoms with E-state index in [0.29, 0.717) is 30.1 Å². The highest BCUT2D eigenvalue weighted by Crippen LogP contribution is 2.59. The minimum Gasteiger partial charge on any atom is -0.394 e. The highest BCUT2D eigenvalue weighted by Gasteiger charge is 2.75. The van der Waals surface area contributed by atoms with Crippen molar-refractivity contribution in [2.75, 3.05) is 18.5 Å². The number of anilines is 1. The summed E-state index contributed by atoms with van der Waals surface area (Å²) >= 11 is 6.37. The van der Waals surface area contributed by atoms with Crippen molar-refractivity contribution in [3.63, 3.8) is 0 Å². The Hall–Kier alpha value is -2.16. The first kappa shape index (κ1) is 24.9. The molecule has 1 aromatic carbocycles. The van der Waals surface area contributed by atoms with Crippen LogP contribution in [0.3, 0.4) is 0 Å². The lowest BCUT2D eigenvalue weighted by Crippen LogP contribution is -2.57. The number of fused-ring (bicyclic) bond motifs is 1. The third-order valence-electron chi connectivity index (χ3n) is 7.62. The van der Waals surface area contributed by atoms with Crippen LogP contribution < -0.4 is 10.6 Å². The van der Waals surface area contributed by atoms with E-state index in [1.165, 1.54) is 4.90 Å². The van der Waals surface area contributed by atoms with E-state index in [9.17, 15) is 19.5 Å². The van der Waals surface area contributed by atoms with Crippen LogP contribution in [0.15, 0.2) is 18.2 Å². The Labute approximate surface area is 205 Å². The number of amides is 3. The highest BCUT2D eigenvalue weighted by molar-refractivity contribution is 6.34. The normalized spacial score (nSPS) is 30.6. The second kappa shape index (κ2) is 9.47. The van der Waals surface area contributed by atoms with Gasteiger partial charge in [-0.25, -0.2) is 0 Å². The van der Waals surface area contributed by atoms with Gasteiger partial charge in [0.1, 0.15) is 11.6 Å². The molecule has 1 aromatic rings. The molecule has 0 aliphatic carbocycles. The maximum absolute atomic E-state index is 13.9. The predicted octanol–water partition coefficient (Wildman–Crippen LogP) is 2.50. The Kier molecular flexibility index (Phi) is 6.95. The quantitative estimate of drug-likeness (QED) is 0.518. The Balaban J connectivity index is 1.76. The fourth-order valence-electron chi connectivity index (χ4n) is 6.02. The van der Waals surface area contributed by atoms with Gasteiger partial charge in [0, 0.05) is 6.54 Å². The van der Waals surface area contributed by atoms with Crippen LogP contribution in [0, 0.1) is 24.7 Å². The molecule has 9 heteroatoms. The number of para-hydroxylation sites is 1. The molecule has 8 nitrogen and oxygen atoms in total. The zero-order valence-corrected chi connectivity index (χ0v) is 20.9. The molecule has 3 N–H and O–H groups in total. The number of hydrogen-bond acceptors (Lipinski definition) is 5. The molecule has 3 aliphatic rings. The fourth-order valence-corrected chi connectivity index (χ4v) is 6.29. The Morgan fingerprint density at radius 1 is 1.32 bits per heavy atom. The van der Waals surface area contributed by atoms with Crippen molar-refractivity contribution in [3.05, 3.63) is 28.8 Å². The van der Waals surface area contributed by atoms with Crippen LogP contribution in [0.2, 0.25) is 5.02 Å². The van der Waals surface area contributed by atoms with Gasteiger partial charge in [-0.05, 0) is 43.7 Å². The Morgan fingerprint density at radius 2 is 2.06 bits per heavy atom. The van der Waals surface area contributed by atoms with E-state index in [-0.39, 0.29) is 24.3 Å². The van der Waals surface area contributed by atoms with Crippen LogP contribution in [0.1, 0.15) is 45.6 Å². The van der Waals surface area contributed by atoms with Crippen LogP contribution in [-0.4, -0.2) is 64.7 Å². The SMILES string of the molecule is CCCNC(=O)[C@@H]1[C@@H]2CCC3(O2)C(C(=O)Nc2c(C)cccc2Cl)N([C@@H](CO)C(C)C)C(=O)[C@H]13. The minimum absolute atomic E-state index is 0.105. The van der Waals surface area contributed by atoms with Crippen LogP contribution in [0.25, 0.3) is 0 Å². The molecule has 34 heavy (non-hydrogen) atoms. The molecular weight excluding hydrogens is 458 g/mol. The number of aliphatic hydroxyl groups excluding tert-OH is 1. The van der Waals surface area contributed by atoms with Gasteiger partial charge in [0.25, 0.3) is 0 Å². The molecule has 0 radical (unpaired) electrons. The average molecular weight is 492 g/mol. The highest BCUT2D eigenvalue weighted by atomic mass is 35.5. The van der Waals surface area contributed by atoms with Gasteiger partial charge in [0.15, 0.2) is 0 Å². The summed E-state index contributed by atoms with van der Waals surface area (Å²) < 4.78 is 6.41. The van der Waals surface area contributed by atoms with E-state index in [1.807, 2.05) is 33.8 Å². The molecule has 2 unspecified atom stereocenters. The zero-order valence-electron chi connectivity index (χ0n) is 20.1. The van der Waals surface area contributed by atoms with Crippen LogP contribution in [0.4, 0.5) is 5.69 Å². The van der Waals surface area contributed by atoms with E-state index < -0.39 is 41.5 Å². The summed E-state index contributed by atoms with van der Waals surface area (Å²) in [6.07, 6.45) is 1.47. The number of likely N-dealkylation sites (tertiary alicyclic amines) is 1. The molecule has 0 aromatic heterocycles. The lowest BCUT2D eigenvalue weighted by Gasteiger charge is -2.38. The average Bonchev–Trinajstić information content (AvgIpc) is 3.43. The van der Waals surface area contributed by atoms with Crippen molar-refractivity contribution in [1.82, 2.24) is 10.2 Å². The van der Waals surface area contributed by atoms with Gasteiger partial charge in [-0.2, -0.15) is 0 Å². The third kappa shape index (κ3) is 3.80. The number of carbonyl (C=O) groups is 3. The number of aryl methyl sites for hydroxylation is 1. The van der Waals surface area contributed by atoms with E-state index in [4.69, 9.17) is 16.3 Å². The molecule has 3 aliphatic heterocycles. The molecule has 2 bridgehead atoms. The molecule has 1 spiro atoms. The van der Waals surface area contributed by atoms with E-state index >= 15 is 0 Å². The molecule has 4 rings (SSSR count). The first-order valence-electron chi connectivity index (χ1n) is 12.1. The summed E-state index contributed by atoms with van der Waals surface area (Å²) in [5.74, 6) is -2.45. The Bertz CT molecular complexity index is 965. The second-order valence-corrected chi connectivity index (χ2v) is 10.4. The number of ether oxygens (including phenoxy) is 1. The fraction of sp³-hybridized carbons (Fsp3) is 0.640. The molecule has 3 heterocycles. The summed E-state index contributed by atoms with van der Waals surface area (Å²) in [7, 11) is 0. The number of benzene rings is 1. The first-order valence-corrected chi connectivity index (χ1v) is 12.5. The summed E-state index contributed by atoms with van der Waals surface area (Å²) in [4.78, 5) is 42.4. The van der Waals surface area contributed by atoms with Crippen LogP contribution in [0.5, 0.6) is 0 Å². The number of hydrogen-bond donors (Lipinski definition) is 3. The van der Waals surface area contributed by atoms with Crippen molar-refractivity contribution in [2.45, 2.75) is 70.7 Å². The number of carbonyl (C=O) groups excluding carboxylic acids is 3. The van der Waals surface area contributed by atoms with E-state index in [1.54, 1.807) is 12.1 Å². The molecular formula is C25H34ClN3O5. The van der Waals surface area contributed by atoms with E-state index in [2.05, 4.69) is 10.6 Å². The van der Waals surface area contributed by atoms with Crippen molar-refractivity contribution in [3.8, 4) is 0 Å². The lowest BCUT2D eigenvalue weighted by molar-refractivity contribution is -0.145. The molecule has 3 fully saturated rings. The van der Waals surface area contributed by atoms with Crippen molar-refractivity contribution in [2.24, 2.45) is 17.8 Å². The molecule has 3 saturated heterocycles. The van der Waals surface area contributed by atoms with Crippen LogP contribution in [-0.2, 0) is 19.1 Å². The van der Waals surface area contributed by atoms with Gasteiger partial charge in [-0.1, -0.05) is 44.5 Å². The van der Waals surface area contributed by atoms with Gasteiger partial charge in [0.05, 0.1) is 41.3 Å². The van der Waals surface area contributed by atoms with Crippen molar-refractivity contribution in [1.29, 1.82) is 0 Å². The van der Waals surface area contributed by atoms with Gasteiger partial charge in [-0.15, -0.1) is 0 Å². The predicted molar refractivity (Wildman–Crippen MR) is 128 cm³/mol. The lowest BCUT2D eigenvalue weighted by atomic mass is 9.70. The number of halogens is 1. The molecule has 6 atom stereocenters. The van der Waals surface area contributed by atoms with Crippen molar-refractivity contribution < 1.29 is 24.2 Å². The van der Waals surface area contributed by atoms with Crippen LogP contribution >= 0.6 is 11.6 Å². The van der Waals surface area contributed by atoms with Gasteiger partial charge < -0.3 is 25.4 Å². The summed E-state index contributed by atoms with van der Waals surface area (Å²) in [5.41, 5.74) is 0.162. The van der Waals surface area contributed by atoms with Gasteiger partial charge in [0.2, 0.25) is 17.7 Å². The molecule has 0 saturated carbocycles. The number of aliphatic hydroxyl groups is 1. The molecule has 3 amide bonds. The monoisotopic (exact) mass is 491 g/mol. The number of rotatable bonds is 8. The summed E-state index contributed by atoms with van der Waals surface area (Å²) in [6, 6.07) is 3.78. The summed E-state index contributed by atoms with van der Waals surface area (Å²) in [6.45, 7) is 7.83. The van der Waals surface area contributed by atoms with Gasteiger partial charge >= 0.3 is 0 Å². The number of nitrogens with zero attached hydrogens (tertiary/aromatic N) is 1. The summed E-state index contributed by atoms with van der Waals surface area (Å²) in [5, 5.41) is 16.4. The zero-order chi connectivity index (χ0) is 24.8. The van der Waals surface area contributed by atoms with E-state index in [0.717, 1.165) is 12.0 Å². The standard InChI is InChI=1S/C25H34ClN3O5/c1-5-11-27-22(31)18-17-9-10-25(34-17)19(18)24(33)29(16(12-30)13(2)3)21(25)23(32)28-20-14(4)7-6-8-15(20)26/h6-8,13,16-19,21,30H,5,9-12H2,1-4H3,(H,27,31)(H,28,32)/t16-,17-,18+,19-,21?,25?/m0/s1. The third-order valence-corrected chi connectivity index (χ3v) is 7.94. The maximum Gasteiger partial charge on any atom is 0.250 e. The number of nitrogens with one attached hydrogen (secondary N) is 2. The second-order valence-electron chi connectivity index (χ2n) is 10.0. The largest absolute Gasteiger partial charge is 0.394 e. The topological polar surface area (TPSA) is 108 Å². The first-order chi connectivity index (χ1) is 16.2. The van der Waals surface area contributed by atoms with Gasteiger partial charge in [-0.3, -0.25) is 14.4 Å². The smallest absolute Gasteiger partial charge is 0.250 e. The van der Waals surface area contributed by atoms with Crippen molar-refractivity contribution >= 4 is 35.0 Å².